The van der Waals surface area contributed by atoms with Crippen molar-refractivity contribution in [2.45, 2.75) is 0 Å². The Morgan fingerprint density at radius 1 is 1.26 bits per heavy atom. The maximum absolute atomic E-state index is 12.1. The van der Waals surface area contributed by atoms with E-state index in [0.717, 1.165) is 0 Å². The number of carbonyl (C=O) groups excluding carboxylic acids is 1. The topological polar surface area (TPSA) is 108 Å². The molecule has 0 atom stereocenters. The van der Waals surface area contributed by atoms with Crippen molar-refractivity contribution in [1.82, 2.24) is 4.90 Å². The monoisotopic (exact) mass is 371 g/mol. The summed E-state index contributed by atoms with van der Waals surface area (Å²) in [4.78, 5) is 37.2. The molecule has 2 aromatic carbocycles. The van der Waals surface area contributed by atoms with Gasteiger partial charge in [0.1, 0.15) is 17.1 Å². The molecule has 3 N–H and O–H groups in total. The third kappa shape index (κ3) is 4.00. The summed E-state index contributed by atoms with van der Waals surface area (Å²) in [6.45, 7) is 3.74. The second-order valence-corrected chi connectivity index (χ2v) is 5.86. The Labute approximate surface area is 156 Å². The van der Waals surface area contributed by atoms with Crippen molar-refractivity contribution < 1.29 is 14.6 Å². The van der Waals surface area contributed by atoms with Crippen molar-refractivity contribution in [2.75, 3.05) is 38.4 Å². The van der Waals surface area contributed by atoms with Gasteiger partial charge < -0.3 is 25.4 Å². The number of amides is 1. The number of aromatic hydroxyl groups is 1. The SMILES string of the molecule is C=C/C=C(/CNc1c(Nc2cccc(C(=O)N(C)C)c2O)c(=O)c1=O)OC. The molecule has 0 bridgehead atoms. The van der Waals surface area contributed by atoms with Gasteiger partial charge in [-0.25, -0.2) is 0 Å². The van der Waals surface area contributed by atoms with Crippen LogP contribution in [0.15, 0.2) is 52.3 Å². The van der Waals surface area contributed by atoms with Crippen LogP contribution in [0.5, 0.6) is 5.75 Å². The maximum Gasteiger partial charge on any atom is 0.257 e. The molecule has 2 aromatic rings. The lowest BCUT2D eigenvalue weighted by Gasteiger charge is -2.18. The Hall–Kier alpha value is -3.55. The van der Waals surface area contributed by atoms with Crippen molar-refractivity contribution in [3.05, 3.63) is 68.7 Å². The van der Waals surface area contributed by atoms with Crippen LogP contribution in [0.25, 0.3) is 0 Å². The van der Waals surface area contributed by atoms with Crippen LogP contribution in [0.2, 0.25) is 0 Å². The molecule has 8 nitrogen and oxygen atoms in total. The van der Waals surface area contributed by atoms with Gasteiger partial charge in [-0.2, -0.15) is 0 Å². The minimum absolute atomic E-state index is 0.0128. The first-order valence-electron chi connectivity index (χ1n) is 8.05. The third-order valence-corrected chi connectivity index (χ3v) is 3.85. The molecule has 0 radical (unpaired) electrons. The largest absolute Gasteiger partial charge is 0.505 e. The van der Waals surface area contributed by atoms with E-state index >= 15 is 0 Å². The second kappa shape index (κ2) is 8.22. The van der Waals surface area contributed by atoms with E-state index in [0.29, 0.717) is 5.76 Å². The van der Waals surface area contributed by atoms with Gasteiger partial charge in [-0.3, -0.25) is 14.4 Å². The lowest BCUT2D eigenvalue weighted by Crippen LogP contribution is -2.37. The first-order valence-corrected chi connectivity index (χ1v) is 8.05. The Bertz CT molecular complexity index is 968. The van der Waals surface area contributed by atoms with Crippen LogP contribution < -0.4 is 21.5 Å². The smallest absolute Gasteiger partial charge is 0.257 e. The van der Waals surface area contributed by atoms with E-state index in [9.17, 15) is 19.5 Å². The van der Waals surface area contributed by atoms with E-state index in [1.807, 2.05) is 0 Å². The fourth-order valence-corrected chi connectivity index (χ4v) is 2.38. The molecule has 0 unspecified atom stereocenters. The molecule has 27 heavy (non-hydrogen) atoms. The van der Waals surface area contributed by atoms with Crippen LogP contribution in [-0.4, -0.2) is 43.7 Å². The highest BCUT2D eigenvalue weighted by Gasteiger charge is 2.23. The van der Waals surface area contributed by atoms with Gasteiger partial charge in [0.25, 0.3) is 16.8 Å². The number of methoxy groups -OCH3 is 1. The molecule has 0 aromatic heterocycles. The zero-order valence-electron chi connectivity index (χ0n) is 15.3. The Balaban J connectivity index is 2.28. The molecular weight excluding hydrogens is 350 g/mol. The normalized spacial score (nSPS) is 11.1. The molecule has 0 saturated heterocycles. The van der Waals surface area contributed by atoms with Crippen LogP contribution in [-0.2, 0) is 4.74 Å². The first kappa shape index (κ1) is 19.8. The van der Waals surface area contributed by atoms with Crippen LogP contribution in [0.4, 0.5) is 17.1 Å². The van der Waals surface area contributed by atoms with Gasteiger partial charge >= 0.3 is 0 Å². The van der Waals surface area contributed by atoms with Gasteiger partial charge in [0.15, 0.2) is 5.75 Å². The summed E-state index contributed by atoms with van der Waals surface area (Å²) in [5.41, 5.74) is -1.07. The number of carbonyl (C=O) groups is 1. The average molecular weight is 371 g/mol. The van der Waals surface area contributed by atoms with E-state index in [1.165, 1.54) is 30.2 Å². The molecule has 2 rings (SSSR count). The number of allylic oxidation sites excluding steroid dienone is 2. The molecule has 0 heterocycles. The Morgan fingerprint density at radius 2 is 1.93 bits per heavy atom. The first-order chi connectivity index (χ1) is 12.8. The predicted molar refractivity (Wildman–Crippen MR) is 105 cm³/mol. The molecule has 142 valence electrons. The van der Waals surface area contributed by atoms with Gasteiger partial charge in [-0.1, -0.05) is 18.7 Å². The number of ether oxygens (including phenoxy) is 1. The molecule has 0 aliphatic heterocycles. The summed E-state index contributed by atoms with van der Waals surface area (Å²) in [7, 11) is 4.60. The molecule has 8 heteroatoms. The number of rotatable bonds is 8. The number of phenols is 1. The maximum atomic E-state index is 12.1. The number of benzene rings is 1. The number of nitrogens with zero attached hydrogens (tertiary/aromatic N) is 1. The van der Waals surface area contributed by atoms with Crippen LogP contribution in [0.1, 0.15) is 10.4 Å². The number of para-hydroxylation sites is 1. The summed E-state index contributed by atoms with van der Waals surface area (Å²) < 4.78 is 5.11. The van der Waals surface area contributed by atoms with Crippen molar-refractivity contribution in [2.24, 2.45) is 0 Å². The van der Waals surface area contributed by atoms with E-state index in [4.69, 9.17) is 4.74 Å². The lowest BCUT2D eigenvalue weighted by molar-refractivity contribution is 0.0824. The lowest BCUT2D eigenvalue weighted by atomic mass is 10.1. The van der Waals surface area contributed by atoms with E-state index < -0.39 is 16.8 Å². The van der Waals surface area contributed by atoms with Crippen molar-refractivity contribution in [1.29, 1.82) is 0 Å². The van der Waals surface area contributed by atoms with Gasteiger partial charge in [-0.15, -0.1) is 0 Å². The predicted octanol–water partition coefficient (Wildman–Crippen LogP) is 1.56. The van der Waals surface area contributed by atoms with E-state index in [1.54, 1.807) is 26.2 Å². The molecule has 0 aliphatic carbocycles. The Kier molecular flexibility index (Phi) is 6.02. The standard InChI is InChI=1S/C19H21N3O5/c1-5-7-11(27-4)10-20-14-15(18(25)17(14)24)21-13-9-6-8-12(16(13)23)19(26)22(2)3/h5-9,20-21,23H,1,10H2,2-4H3/b11-7-. The molecule has 0 aliphatic rings. The highest BCUT2D eigenvalue weighted by molar-refractivity contribution is 5.99. The van der Waals surface area contributed by atoms with Crippen LogP contribution in [0.3, 0.4) is 0 Å². The molecule has 0 fully saturated rings. The number of nitrogens with one attached hydrogen (secondary N) is 2. The fourth-order valence-electron chi connectivity index (χ4n) is 2.38. The van der Waals surface area contributed by atoms with Gasteiger partial charge in [0.05, 0.1) is 24.9 Å². The second-order valence-electron chi connectivity index (χ2n) is 5.86. The van der Waals surface area contributed by atoms with Crippen LogP contribution in [0, 0.1) is 0 Å². The highest BCUT2D eigenvalue weighted by Crippen LogP contribution is 2.31. The summed E-state index contributed by atoms with van der Waals surface area (Å²) in [6.07, 6.45) is 3.15. The van der Waals surface area contributed by atoms with Gasteiger partial charge in [-0.05, 0) is 18.2 Å². The molecule has 0 spiro atoms. The summed E-state index contributed by atoms with van der Waals surface area (Å²) in [5.74, 6) is -0.177. The number of phenolic OH excluding ortho intramolecular Hbond substituents is 1. The summed E-state index contributed by atoms with van der Waals surface area (Å²) >= 11 is 0. The minimum atomic E-state index is -0.715. The quantitative estimate of drug-likeness (QED) is 0.280. The van der Waals surface area contributed by atoms with E-state index in [2.05, 4.69) is 17.2 Å². The summed E-state index contributed by atoms with van der Waals surface area (Å²) in [5, 5.41) is 15.9. The van der Waals surface area contributed by atoms with Crippen LogP contribution >= 0.6 is 0 Å². The highest BCUT2D eigenvalue weighted by atomic mass is 16.5. The average Bonchev–Trinajstić information content (AvgIpc) is 2.66. The number of anilines is 3. The zero-order valence-corrected chi connectivity index (χ0v) is 15.3. The fraction of sp³-hybridized carbons (Fsp3) is 0.211. The van der Waals surface area contributed by atoms with Gasteiger partial charge in [0.2, 0.25) is 0 Å². The Morgan fingerprint density at radius 3 is 2.52 bits per heavy atom. The molecule has 1 amide bonds. The molecule has 0 saturated carbocycles. The minimum Gasteiger partial charge on any atom is -0.505 e. The third-order valence-electron chi connectivity index (χ3n) is 3.85. The zero-order chi connectivity index (χ0) is 20.1. The number of hydrogen-bond acceptors (Lipinski definition) is 7. The van der Waals surface area contributed by atoms with Gasteiger partial charge in [0, 0.05) is 14.1 Å². The summed E-state index contributed by atoms with van der Waals surface area (Å²) in [6, 6.07) is 4.53. The van der Waals surface area contributed by atoms with Crippen molar-refractivity contribution >= 4 is 23.0 Å². The van der Waals surface area contributed by atoms with Crippen molar-refractivity contribution in [3.63, 3.8) is 0 Å². The van der Waals surface area contributed by atoms with Crippen molar-refractivity contribution in [3.8, 4) is 5.75 Å². The number of hydrogen-bond donors (Lipinski definition) is 3. The molecular formula is C19H21N3O5. The van der Waals surface area contributed by atoms with E-state index in [-0.39, 0.29) is 34.9 Å².